The summed E-state index contributed by atoms with van der Waals surface area (Å²) in [6.07, 6.45) is 4.52. The summed E-state index contributed by atoms with van der Waals surface area (Å²) >= 11 is 0. The number of hydrogen-bond donors (Lipinski definition) is 1. The molecule has 0 spiro atoms. The monoisotopic (exact) mass is 379 g/mol. The number of esters is 1. The molecule has 0 atom stereocenters. The first-order valence-electron chi connectivity index (χ1n) is 8.63. The minimum atomic E-state index is -0.477. The van der Waals surface area contributed by atoms with Gasteiger partial charge < -0.3 is 10.1 Å². The minimum absolute atomic E-state index is 0.224. The zero-order chi connectivity index (χ0) is 19.9. The van der Waals surface area contributed by atoms with Crippen molar-refractivity contribution < 1.29 is 18.7 Å². The quantitative estimate of drug-likeness (QED) is 0.522. The molecule has 1 aromatic heterocycles. The molecular formula is C21H18FN3O3. The molecule has 6 nitrogen and oxygen atoms in total. The van der Waals surface area contributed by atoms with Crippen LogP contribution in [0.4, 0.5) is 10.1 Å². The van der Waals surface area contributed by atoms with Crippen molar-refractivity contribution in [3.63, 3.8) is 0 Å². The topological polar surface area (TPSA) is 73.2 Å². The van der Waals surface area contributed by atoms with E-state index in [1.54, 1.807) is 60.3 Å². The Labute approximate surface area is 161 Å². The summed E-state index contributed by atoms with van der Waals surface area (Å²) in [5.41, 5.74) is 2.14. The number of hydrogen-bond acceptors (Lipinski definition) is 4. The second-order valence-electron chi connectivity index (χ2n) is 5.79. The largest absolute Gasteiger partial charge is 0.461 e. The Morgan fingerprint density at radius 1 is 1.18 bits per heavy atom. The summed E-state index contributed by atoms with van der Waals surface area (Å²) in [6, 6.07) is 14.5. The molecule has 0 bridgehead atoms. The van der Waals surface area contributed by atoms with E-state index in [1.165, 1.54) is 24.3 Å². The van der Waals surface area contributed by atoms with Gasteiger partial charge >= 0.3 is 5.97 Å². The second kappa shape index (κ2) is 8.77. The molecule has 1 amide bonds. The Balaban J connectivity index is 1.63. The van der Waals surface area contributed by atoms with E-state index in [0.717, 1.165) is 5.69 Å². The van der Waals surface area contributed by atoms with Crippen LogP contribution in [0.5, 0.6) is 0 Å². The Bertz CT molecular complexity index is 1010. The fourth-order valence-electron chi connectivity index (χ4n) is 2.45. The van der Waals surface area contributed by atoms with Crippen LogP contribution in [0.25, 0.3) is 11.8 Å². The Morgan fingerprint density at radius 3 is 2.68 bits per heavy atom. The number of benzene rings is 2. The highest BCUT2D eigenvalue weighted by Crippen LogP contribution is 2.14. The van der Waals surface area contributed by atoms with Gasteiger partial charge in [-0.2, -0.15) is 5.10 Å². The van der Waals surface area contributed by atoms with Crippen LogP contribution < -0.4 is 5.32 Å². The fourth-order valence-corrected chi connectivity index (χ4v) is 2.45. The lowest BCUT2D eigenvalue weighted by atomic mass is 10.2. The van der Waals surface area contributed by atoms with Crippen LogP contribution in [0.15, 0.2) is 66.9 Å². The molecule has 0 radical (unpaired) electrons. The number of rotatable bonds is 6. The molecule has 0 unspecified atom stereocenters. The third kappa shape index (κ3) is 4.91. The first-order valence-corrected chi connectivity index (χ1v) is 8.63. The van der Waals surface area contributed by atoms with Crippen LogP contribution in [0.2, 0.25) is 0 Å². The van der Waals surface area contributed by atoms with E-state index in [9.17, 15) is 14.0 Å². The summed E-state index contributed by atoms with van der Waals surface area (Å²) in [5, 5.41) is 6.90. The van der Waals surface area contributed by atoms with Gasteiger partial charge in [-0.25, -0.2) is 13.9 Å². The van der Waals surface area contributed by atoms with E-state index in [2.05, 4.69) is 10.4 Å². The predicted octanol–water partition coefficient (Wildman–Crippen LogP) is 3.84. The maximum atomic E-state index is 13.1. The molecule has 28 heavy (non-hydrogen) atoms. The van der Waals surface area contributed by atoms with Crippen molar-refractivity contribution >= 4 is 23.6 Å². The maximum absolute atomic E-state index is 13.1. The number of carbonyl (C=O) groups excluding carboxylic acids is 2. The highest BCUT2D eigenvalue weighted by atomic mass is 19.1. The van der Waals surface area contributed by atoms with Gasteiger partial charge in [0, 0.05) is 18.0 Å². The summed E-state index contributed by atoms with van der Waals surface area (Å²) in [4.78, 5) is 23.7. The molecule has 0 saturated carbocycles. The van der Waals surface area contributed by atoms with Crippen molar-refractivity contribution in [2.45, 2.75) is 6.92 Å². The predicted molar refractivity (Wildman–Crippen MR) is 104 cm³/mol. The Morgan fingerprint density at radius 2 is 1.96 bits per heavy atom. The van der Waals surface area contributed by atoms with Crippen LogP contribution in [0.1, 0.15) is 23.0 Å². The lowest BCUT2D eigenvalue weighted by Crippen LogP contribution is -2.08. The van der Waals surface area contributed by atoms with Gasteiger partial charge in [-0.15, -0.1) is 0 Å². The zero-order valence-corrected chi connectivity index (χ0v) is 15.1. The van der Waals surface area contributed by atoms with Gasteiger partial charge in [0.05, 0.1) is 12.3 Å². The molecule has 1 N–H and O–H groups in total. The molecular weight excluding hydrogens is 361 g/mol. The lowest BCUT2D eigenvalue weighted by molar-refractivity contribution is -0.111. The van der Waals surface area contributed by atoms with Gasteiger partial charge in [0.1, 0.15) is 5.82 Å². The van der Waals surface area contributed by atoms with Gasteiger partial charge in [-0.05, 0) is 61.0 Å². The van der Waals surface area contributed by atoms with Crippen molar-refractivity contribution in [2.75, 3.05) is 11.9 Å². The molecule has 142 valence electrons. The maximum Gasteiger partial charge on any atom is 0.358 e. The van der Waals surface area contributed by atoms with Crippen LogP contribution in [-0.4, -0.2) is 28.3 Å². The number of amides is 1. The molecule has 0 aliphatic heterocycles. The zero-order valence-electron chi connectivity index (χ0n) is 15.1. The number of halogens is 1. The van der Waals surface area contributed by atoms with E-state index in [4.69, 9.17) is 4.74 Å². The average Bonchev–Trinajstić information content (AvgIpc) is 3.18. The number of anilines is 1. The minimum Gasteiger partial charge on any atom is -0.461 e. The first kappa shape index (κ1) is 19.0. The van der Waals surface area contributed by atoms with Gasteiger partial charge in [0.25, 0.3) is 0 Å². The van der Waals surface area contributed by atoms with Crippen molar-refractivity contribution in [1.29, 1.82) is 0 Å². The average molecular weight is 379 g/mol. The van der Waals surface area contributed by atoms with Crippen LogP contribution in [0.3, 0.4) is 0 Å². The van der Waals surface area contributed by atoms with Crippen molar-refractivity contribution in [1.82, 2.24) is 9.78 Å². The van der Waals surface area contributed by atoms with Crippen LogP contribution >= 0.6 is 0 Å². The number of ether oxygens (including phenoxy) is 1. The molecule has 1 heterocycles. The van der Waals surface area contributed by atoms with Gasteiger partial charge in [0.15, 0.2) is 5.69 Å². The van der Waals surface area contributed by atoms with Crippen LogP contribution in [-0.2, 0) is 9.53 Å². The smallest absolute Gasteiger partial charge is 0.358 e. The molecule has 2 aromatic carbocycles. The van der Waals surface area contributed by atoms with E-state index in [0.29, 0.717) is 11.3 Å². The third-order valence-corrected chi connectivity index (χ3v) is 3.75. The molecule has 3 aromatic rings. The lowest BCUT2D eigenvalue weighted by Gasteiger charge is -2.05. The molecule has 3 rings (SSSR count). The fraction of sp³-hybridized carbons (Fsp3) is 0.0952. The number of nitrogens with zero attached hydrogens (tertiary/aromatic N) is 2. The Kier molecular flexibility index (Phi) is 5.96. The standard InChI is InChI=1S/C21H18FN3O3/c1-2-28-21(27)19-12-13-25(24-19)18-9-7-17(8-10-18)23-20(26)11-6-15-4-3-5-16(22)14-15/h3-14H,2H2,1H3,(H,23,26)/b11-6+. The Hall–Kier alpha value is -3.74. The summed E-state index contributed by atoms with van der Waals surface area (Å²) in [5.74, 6) is -1.17. The molecule has 0 fully saturated rings. The normalized spacial score (nSPS) is 10.8. The first-order chi connectivity index (χ1) is 13.5. The SMILES string of the molecule is CCOC(=O)c1ccn(-c2ccc(NC(=O)/C=C/c3cccc(F)c3)cc2)n1. The number of carbonyl (C=O) groups is 2. The summed E-state index contributed by atoms with van der Waals surface area (Å²) in [7, 11) is 0. The molecule has 0 aliphatic carbocycles. The molecule has 0 aliphatic rings. The highest BCUT2D eigenvalue weighted by molar-refractivity contribution is 6.01. The summed E-state index contributed by atoms with van der Waals surface area (Å²) in [6.45, 7) is 2.02. The van der Waals surface area contributed by atoms with Gasteiger partial charge in [-0.3, -0.25) is 4.79 Å². The van der Waals surface area contributed by atoms with Crippen molar-refractivity contribution in [3.05, 3.63) is 83.9 Å². The van der Waals surface area contributed by atoms with E-state index in [1.807, 2.05) is 0 Å². The number of nitrogens with one attached hydrogen (secondary N) is 1. The van der Waals surface area contributed by atoms with E-state index >= 15 is 0 Å². The summed E-state index contributed by atoms with van der Waals surface area (Å²) < 4.78 is 19.6. The highest BCUT2D eigenvalue weighted by Gasteiger charge is 2.10. The van der Waals surface area contributed by atoms with Gasteiger partial charge in [-0.1, -0.05) is 12.1 Å². The van der Waals surface area contributed by atoms with Gasteiger partial charge in [0.2, 0.25) is 5.91 Å². The third-order valence-electron chi connectivity index (χ3n) is 3.75. The van der Waals surface area contributed by atoms with Crippen LogP contribution in [0, 0.1) is 5.82 Å². The second-order valence-corrected chi connectivity index (χ2v) is 5.79. The van der Waals surface area contributed by atoms with Crippen molar-refractivity contribution in [2.24, 2.45) is 0 Å². The van der Waals surface area contributed by atoms with Crippen molar-refractivity contribution in [3.8, 4) is 5.69 Å². The molecule has 0 saturated heterocycles. The number of aromatic nitrogens is 2. The van der Waals surface area contributed by atoms with E-state index in [-0.39, 0.29) is 24.0 Å². The van der Waals surface area contributed by atoms with E-state index < -0.39 is 5.97 Å². The molecule has 7 heteroatoms.